The zero-order valence-electron chi connectivity index (χ0n) is 19.4. The molecule has 0 bridgehead atoms. The molecule has 0 saturated carbocycles. The summed E-state index contributed by atoms with van der Waals surface area (Å²) in [6.45, 7) is 16.6. The summed E-state index contributed by atoms with van der Waals surface area (Å²) < 4.78 is 14.3. The molecule has 0 spiro atoms. The van der Waals surface area contributed by atoms with Crippen LogP contribution in [0.1, 0.15) is 42.0 Å². The van der Waals surface area contributed by atoms with Crippen molar-refractivity contribution in [1.82, 2.24) is 0 Å². The highest BCUT2D eigenvalue weighted by atomic mass is 35.5. The first-order chi connectivity index (χ1) is 15.5. The average Bonchev–Trinajstić information content (AvgIpc) is 2.70. The molecule has 3 rings (SSSR count). The molecule has 33 heavy (non-hydrogen) atoms. The van der Waals surface area contributed by atoms with Crippen molar-refractivity contribution in [1.29, 1.82) is 0 Å². The molecule has 0 aliphatic rings. The van der Waals surface area contributed by atoms with E-state index < -0.39 is 0 Å². The van der Waals surface area contributed by atoms with E-state index in [1.807, 2.05) is 44.2 Å². The Bertz CT molecular complexity index is 1180. The highest BCUT2D eigenvalue weighted by molar-refractivity contribution is 6.32. The first kappa shape index (κ1) is 24.9. The number of allylic oxidation sites excluding steroid dienone is 1. The molecule has 172 valence electrons. The largest absolute Gasteiger partial charge is 0.359 e. The molecule has 0 amide bonds. The molecule has 2 N–H and O–H groups in total. The lowest BCUT2D eigenvalue weighted by Crippen LogP contribution is -2.15. The quantitative estimate of drug-likeness (QED) is 0.334. The Kier molecular flexibility index (Phi) is 7.88. The monoisotopic (exact) mass is 482 g/mol. The van der Waals surface area contributed by atoms with Gasteiger partial charge in [-0.2, -0.15) is 0 Å². The fourth-order valence-electron chi connectivity index (χ4n) is 3.98. The van der Waals surface area contributed by atoms with Gasteiger partial charge in [0.25, 0.3) is 0 Å². The third-order valence-corrected chi connectivity index (χ3v) is 6.02. The van der Waals surface area contributed by atoms with E-state index in [4.69, 9.17) is 23.2 Å². The van der Waals surface area contributed by atoms with Crippen molar-refractivity contribution in [3.05, 3.63) is 112 Å². The fraction of sp³-hybridized carbons (Fsp3) is 0.214. The second-order valence-corrected chi connectivity index (χ2v) is 9.56. The van der Waals surface area contributed by atoms with Crippen molar-refractivity contribution in [2.75, 3.05) is 10.6 Å². The normalized spacial score (nSPS) is 11.9. The maximum absolute atomic E-state index is 14.3. The van der Waals surface area contributed by atoms with E-state index in [1.165, 1.54) is 6.07 Å². The van der Waals surface area contributed by atoms with E-state index in [0.717, 1.165) is 28.1 Å². The minimum atomic E-state index is -0.341. The van der Waals surface area contributed by atoms with Crippen LogP contribution in [-0.2, 0) is 0 Å². The van der Waals surface area contributed by atoms with Gasteiger partial charge < -0.3 is 10.6 Å². The summed E-state index contributed by atoms with van der Waals surface area (Å²) in [7, 11) is 0. The molecule has 0 aromatic heterocycles. The Morgan fingerprint density at radius 2 is 1.61 bits per heavy atom. The van der Waals surface area contributed by atoms with Crippen molar-refractivity contribution >= 4 is 40.3 Å². The molecule has 0 heterocycles. The summed E-state index contributed by atoms with van der Waals surface area (Å²) in [4.78, 5) is 0. The first-order valence-corrected chi connectivity index (χ1v) is 11.6. The lowest BCUT2D eigenvalue weighted by atomic mass is 9.85. The van der Waals surface area contributed by atoms with E-state index in [-0.39, 0.29) is 11.7 Å². The number of anilines is 2. The van der Waals surface area contributed by atoms with Crippen molar-refractivity contribution in [3.63, 3.8) is 0 Å². The maximum Gasteiger partial charge on any atom is 0.146 e. The molecule has 0 aliphatic carbocycles. The SMILES string of the molecule is C=C(Nc1ccc(C)cc1F)c1cc(NC(=C)C(c2cc(C)cc(Cl)c2)C(C)C)ccc1Cl. The number of benzene rings is 3. The lowest BCUT2D eigenvalue weighted by molar-refractivity contribution is 0.558. The van der Waals surface area contributed by atoms with Gasteiger partial charge in [-0.25, -0.2) is 4.39 Å². The van der Waals surface area contributed by atoms with Crippen molar-refractivity contribution in [3.8, 4) is 0 Å². The van der Waals surface area contributed by atoms with E-state index in [1.54, 1.807) is 12.1 Å². The van der Waals surface area contributed by atoms with Gasteiger partial charge in [0, 0.05) is 33.6 Å². The zero-order valence-corrected chi connectivity index (χ0v) is 20.9. The van der Waals surface area contributed by atoms with Gasteiger partial charge in [-0.15, -0.1) is 0 Å². The van der Waals surface area contributed by atoms with E-state index in [0.29, 0.717) is 32.9 Å². The van der Waals surface area contributed by atoms with Gasteiger partial charge in [0.05, 0.1) is 10.7 Å². The standard InChI is InChI=1S/C28H29Cl2FN2/c1-16(2)28(21-11-18(4)12-22(29)14-21)20(6)32-23-8-9-25(30)24(15-23)19(5)33-27-10-7-17(3)13-26(27)31/h7-16,28,32-33H,5-6H2,1-4H3. The Balaban J connectivity index is 1.84. The molecule has 2 nitrogen and oxygen atoms in total. The van der Waals surface area contributed by atoms with Gasteiger partial charge in [0.2, 0.25) is 0 Å². The number of halogens is 3. The number of hydrogen-bond donors (Lipinski definition) is 2. The van der Waals surface area contributed by atoms with Crippen LogP contribution in [0.25, 0.3) is 5.70 Å². The van der Waals surface area contributed by atoms with Gasteiger partial charge in [-0.3, -0.25) is 0 Å². The summed E-state index contributed by atoms with van der Waals surface area (Å²) >= 11 is 12.8. The first-order valence-electron chi connectivity index (χ1n) is 10.8. The predicted molar refractivity (Wildman–Crippen MR) is 142 cm³/mol. The number of rotatable bonds is 8. The average molecular weight is 483 g/mol. The highest BCUT2D eigenvalue weighted by Crippen LogP contribution is 2.35. The molecule has 0 aliphatic heterocycles. The molecule has 3 aromatic carbocycles. The molecule has 1 atom stereocenters. The van der Waals surface area contributed by atoms with Crippen LogP contribution < -0.4 is 10.6 Å². The smallest absolute Gasteiger partial charge is 0.146 e. The van der Waals surface area contributed by atoms with Crippen LogP contribution in [0, 0.1) is 25.6 Å². The van der Waals surface area contributed by atoms with Crippen LogP contribution in [0.2, 0.25) is 10.0 Å². The summed E-state index contributed by atoms with van der Waals surface area (Å²) in [5.74, 6) is 0.0202. The van der Waals surface area contributed by atoms with Gasteiger partial charge in [-0.05, 0) is 78.9 Å². The van der Waals surface area contributed by atoms with Gasteiger partial charge >= 0.3 is 0 Å². The third-order valence-electron chi connectivity index (χ3n) is 5.47. The number of hydrogen-bond acceptors (Lipinski definition) is 2. The zero-order chi connectivity index (χ0) is 24.3. The van der Waals surface area contributed by atoms with Gasteiger partial charge in [0.15, 0.2) is 0 Å². The number of nitrogens with one attached hydrogen (secondary N) is 2. The van der Waals surface area contributed by atoms with Crippen molar-refractivity contribution in [2.45, 2.75) is 33.6 Å². The highest BCUT2D eigenvalue weighted by Gasteiger charge is 2.21. The van der Waals surface area contributed by atoms with Crippen molar-refractivity contribution < 1.29 is 4.39 Å². The van der Waals surface area contributed by atoms with Gasteiger partial charge in [0.1, 0.15) is 5.82 Å². The second-order valence-electron chi connectivity index (χ2n) is 8.72. The topological polar surface area (TPSA) is 24.1 Å². The summed E-state index contributed by atoms with van der Waals surface area (Å²) in [6, 6.07) is 16.6. The Morgan fingerprint density at radius 1 is 0.879 bits per heavy atom. The van der Waals surface area contributed by atoms with Crippen LogP contribution in [0.15, 0.2) is 73.5 Å². The van der Waals surface area contributed by atoms with Crippen LogP contribution >= 0.6 is 23.2 Å². The van der Waals surface area contributed by atoms with Crippen molar-refractivity contribution in [2.24, 2.45) is 5.92 Å². The Hall–Kier alpha value is -2.75. The molecular weight excluding hydrogens is 454 g/mol. The molecular formula is C28H29Cl2FN2. The molecule has 0 saturated heterocycles. The van der Waals surface area contributed by atoms with E-state index in [9.17, 15) is 4.39 Å². The van der Waals surface area contributed by atoms with E-state index in [2.05, 4.69) is 43.7 Å². The molecule has 5 heteroatoms. The second kappa shape index (κ2) is 10.5. The fourth-order valence-corrected chi connectivity index (χ4v) is 4.51. The minimum Gasteiger partial charge on any atom is -0.359 e. The third kappa shape index (κ3) is 6.19. The predicted octanol–water partition coefficient (Wildman–Crippen LogP) is 9.20. The van der Waals surface area contributed by atoms with Gasteiger partial charge in [-0.1, -0.05) is 62.3 Å². The lowest BCUT2D eigenvalue weighted by Gasteiger charge is -2.26. The Morgan fingerprint density at radius 3 is 2.24 bits per heavy atom. The molecule has 1 unspecified atom stereocenters. The number of aryl methyl sites for hydroxylation is 2. The van der Waals surface area contributed by atoms with Crippen LogP contribution in [-0.4, -0.2) is 0 Å². The van der Waals surface area contributed by atoms with Crippen LogP contribution in [0.4, 0.5) is 15.8 Å². The Labute approximate surface area is 206 Å². The summed E-state index contributed by atoms with van der Waals surface area (Å²) in [5.41, 5.74) is 6.26. The molecule has 0 radical (unpaired) electrons. The minimum absolute atomic E-state index is 0.0597. The molecule has 0 fully saturated rings. The summed E-state index contributed by atoms with van der Waals surface area (Å²) in [5, 5.41) is 7.69. The van der Waals surface area contributed by atoms with E-state index >= 15 is 0 Å². The maximum atomic E-state index is 14.3. The van der Waals surface area contributed by atoms with Crippen LogP contribution in [0.5, 0.6) is 0 Å². The molecule has 3 aromatic rings. The summed E-state index contributed by atoms with van der Waals surface area (Å²) in [6.07, 6.45) is 0. The van der Waals surface area contributed by atoms with Crippen LogP contribution in [0.3, 0.4) is 0 Å².